The van der Waals surface area contributed by atoms with Crippen LogP contribution in [0.15, 0.2) is 79.4 Å². The highest BCUT2D eigenvalue weighted by molar-refractivity contribution is 5.92. The molecule has 0 bridgehead atoms. The number of benzene rings is 1. The van der Waals surface area contributed by atoms with E-state index in [1.807, 2.05) is 50.5 Å². The second-order valence-corrected chi connectivity index (χ2v) is 7.45. The molecule has 4 aromatic rings. The predicted molar refractivity (Wildman–Crippen MR) is 134 cm³/mol. The molecule has 1 aliphatic rings. The summed E-state index contributed by atoms with van der Waals surface area (Å²) in [6.45, 7) is 8.00. The number of allylic oxidation sites excluding steroid dienone is 2. The summed E-state index contributed by atoms with van der Waals surface area (Å²) in [5, 5.41) is 4.31. The molecule has 166 valence electrons. The summed E-state index contributed by atoms with van der Waals surface area (Å²) in [5.41, 5.74) is 7.38. The minimum atomic E-state index is 0.638. The minimum Gasteiger partial charge on any atom is -0.257 e. The molecule has 4 heteroatoms. The Bertz CT molecular complexity index is 1110. The average Bonchev–Trinajstić information content (AvgIpc) is 3.53. The van der Waals surface area contributed by atoms with Gasteiger partial charge in [0.05, 0.1) is 5.69 Å². The number of fused-ring (bicyclic) bond motifs is 1. The topological polar surface area (TPSA) is 43.1 Å². The van der Waals surface area contributed by atoms with Gasteiger partial charge in [-0.2, -0.15) is 5.10 Å². The van der Waals surface area contributed by atoms with Gasteiger partial charge in [0.25, 0.3) is 0 Å². The van der Waals surface area contributed by atoms with Crippen molar-refractivity contribution in [2.45, 2.75) is 53.4 Å². The Balaban J connectivity index is 0.000000686. The number of aromatic nitrogens is 4. The van der Waals surface area contributed by atoms with Gasteiger partial charge in [-0.1, -0.05) is 64.1 Å². The normalized spacial score (nSPS) is 15.1. The van der Waals surface area contributed by atoms with E-state index < -0.39 is 0 Å². The SMILES string of the molecule is CC.CC.c1ccc(CCC2CC(c3ccc4ncnn4c3)=C(c3ccccn3)C2)cc1. The lowest BCUT2D eigenvalue weighted by molar-refractivity contribution is 0.528. The monoisotopic (exact) mass is 426 g/mol. The van der Waals surface area contributed by atoms with E-state index >= 15 is 0 Å². The Hall–Kier alpha value is -3.27. The summed E-state index contributed by atoms with van der Waals surface area (Å²) in [7, 11) is 0. The minimum absolute atomic E-state index is 0.638. The lowest BCUT2D eigenvalue weighted by Gasteiger charge is -2.10. The molecule has 0 saturated carbocycles. The Morgan fingerprint density at radius 2 is 1.56 bits per heavy atom. The highest BCUT2D eigenvalue weighted by atomic mass is 15.3. The molecule has 0 saturated heterocycles. The van der Waals surface area contributed by atoms with Crippen LogP contribution >= 0.6 is 0 Å². The molecule has 3 heterocycles. The summed E-state index contributed by atoms with van der Waals surface area (Å²) < 4.78 is 1.86. The molecule has 0 N–H and O–H groups in total. The van der Waals surface area contributed by atoms with Crippen LogP contribution in [0.3, 0.4) is 0 Å². The van der Waals surface area contributed by atoms with E-state index in [9.17, 15) is 0 Å². The second kappa shape index (κ2) is 11.9. The van der Waals surface area contributed by atoms with Crippen molar-refractivity contribution < 1.29 is 0 Å². The first kappa shape index (κ1) is 23.4. The number of rotatable bonds is 5. The molecule has 0 radical (unpaired) electrons. The molecule has 0 amide bonds. The zero-order valence-electron chi connectivity index (χ0n) is 19.7. The zero-order valence-corrected chi connectivity index (χ0v) is 19.7. The third-order valence-electron chi connectivity index (χ3n) is 5.63. The maximum atomic E-state index is 4.65. The van der Waals surface area contributed by atoms with Crippen LogP contribution in [-0.4, -0.2) is 19.6 Å². The van der Waals surface area contributed by atoms with Gasteiger partial charge in [-0.25, -0.2) is 9.50 Å². The molecule has 1 atom stereocenters. The van der Waals surface area contributed by atoms with Crippen molar-refractivity contribution in [2.24, 2.45) is 5.92 Å². The first-order chi connectivity index (χ1) is 15.9. The number of pyridine rings is 2. The highest BCUT2D eigenvalue weighted by Gasteiger charge is 2.26. The van der Waals surface area contributed by atoms with Crippen LogP contribution in [0.5, 0.6) is 0 Å². The molecule has 32 heavy (non-hydrogen) atoms. The van der Waals surface area contributed by atoms with Gasteiger partial charge < -0.3 is 0 Å². The van der Waals surface area contributed by atoms with Gasteiger partial charge in [-0.15, -0.1) is 0 Å². The van der Waals surface area contributed by atoms with Gasteiger partial charge in [-0.3, -0.25) is 4.98 Å². The standard InChI is InChI=1S/C24H22N4.2C2H6/c1-2-6-18(7-3-1)9-10-19-14-21(22(15-19)23-8-4-5-13-25-23)20-11-12-24-26-17-27-28(24)16-20;2*1-2/h1-8,11-13,16-17,19H,9-10,14-15H2;2*1-2H3. The molecule has 0 aliphatic heterocycles. The molecular formula is C28H34N4. The van der Waals surface area contributed by atoms with Crippen molar-refractivity contribution in [1.29, 1.82) is 0 Å². The summed E-state index contributed by atoms with van der Waals surface area (Å²) in [4.78, 5) is 8.91. The third-order valence-corrected chi connectivity index (χ3v) is 5.63. The van der Waals surface area contributed by atoms with Crippen molar-refractivity contribution in [3.63, 3.8) is 0 Å². The first-order valence-electron chi connectivity index (χ1n) is 11.8. The zero-order chi connectivity index (χ0) is 22.8. The lowest BCUT2D eigenvalue weighted by atomic mass is 9.95. The van der Waals surface area contributed by atoms with Crippen molar-refractivity contribution in [2.75, 3.05) is 0 Å². The molecule has 1 unspecified atom stereocenters. The van der Waals surface area contributed by atoms with Gasteiger partial charge in [0.2, 0.25) is 0 Å². The molecule has 1 aromatic carbocycles. The fourth-order valence-electron chi connectivity index (χ4n) is 4.20. The molecule has 0 fully saturated rings. The fourth-order valence-corrected chi connectivity index (χ4v) is 4.20. The molecule has 5 rings (SSSR count). The molecule has 0 spiro atoms. The van der Waals surface area contributed by atoms with E-state index in [4.69, 9.17) is 0 Å². The maximum absolute atomic E-state index is 4.65. The summed E-state index contributed by atoms with van der Waals surface area (Å²) in [6, 6.07) is 21.2. The van der Waals surface area contributed by atoms with Crippen molar-refractivity contribution in [1.82, 2.24) is 19.6 Å². The Morgan fingerprint density at radius 3 is 2.31 bits per heavy atom. The molecule has 3 aromatic heterocycles. The molecule has 1 aliphatic carbocycles. The lowest BCUT2D eigenvalue weighted by Crippen LogP contribution is -1.98. The second-order valence-electron chi connectivity index (χ2n) is 7.45. The van der Waals surface area contributed by atoms with E-state index in [-0.39, 0.29) is 0 Å². The van der Waals surface area contributed by atoms with Crippen LogP contribution < -0.4 is 0 Å². The van der Waals surface area contributed by atoms with E-state index in [1.165, 1.54) is 28.7 Å². The van der Waals surface area contributed by atoms with E-state index in [0.29, 0.717) is 5.92 Å². The largest absolute Gasteiger partial charge is 0.257 e. The van der Waals surface area contributed by atoms with Crippen LogP contribution in [0.2, 0.25) is 0 Å². The Labute approximate surface area is 192 Å². The average molecular weight is 427 g/mol. The number of hydrogen-bond acceptors (Lipinski definition) is 3. The van der Waals surface area contributed by atoms with Crippen molar-refractivity contribution >= 4 is 16.8 Å². The molecule has 4 nitrogen and oxygen atoms in total. The van der Waals surface area contributed by atoms with E-state index in [2.05, 4.69) is 69.8 Å². The summed E-state index contributed by atoms with van der Waals surface area (Å²) in [5.74, 6) is 0.638. The van der Waals surface area contributed by atoms with E-state index in [1.54, 1.807) is 6.33 Å². The predicted octanol–water partition coefficient (Wildman–Crippen LogP) is 7.13. The van der Waals surface area contributed by atoms with Crippen LogP contribution in [-0.2, 0) is 6.42 Å². The van der Waals surface area contributed by atoms with Gasteiger partial charge >= 0.3 is 0 Å². The van der Waals surface area contributed by atoms with Crippen LogP contribution in [0.4, 0.5) is 0 Å². The van der Waals surface area contributed by atoms with Crippen LogP contribution in [0, 0.1) is 5.92 Å². The van der Waals surface area contributed by atoms with Crippen LogP contribution in [0.1, 0.15) is 63.8 Å². The van der Waals surface area contributed by atoms with Gasteiger partial charge in [0.15, 0.2) is 5.65 Å². The number of nitrogens with zero attached hydrogens (tertiary/aromatic N) is 4. The summed E-state index contributed by atoms with van der Waals surface area (Å²) >= 11 is 0. The van der Waals surface area contributed by atoms with Gasteiger partial charge in [-0.05, 0) is 78.1 Å². The smallest absolute Gasteiger partial charge is 0.155 e. The van der Waals surface area contributed by atoms with E-state index in [0.717, 1.165) is 30.6 Å². The fraction of sp³-hybridized carbons (Fsp3) is 0.321. The Kier molecular flexibility index (Phi) is 8.73. The van der Waals surface area contributed by atoms with Gasteiger partial charge in [0.1, 0.15) is 6.33 Å². The number of hydrogen-bond donors (Lipinski definition) is 0. The molecular weight excluding hydrogens is 392 g/mol. The highest BCUT2D eigenvalue weighted by Crippen LogP contribution is 2.44. The maximum Gasteiger partial charge on any atom is 0.155 e. The summed E-state index contributed by atoms with van der Waals surface area (Å²) in [6.07, 6.45) is 10.1. The van der Waals surface area contributed by atoms with Crippen LogP contribution in [0.25, 0.3) is 16.8 Å². The first-order valence-corrected chi connectivity index (χ1v) is 11.8. The quantitative estimate of drug-likeness (QED) is 0.341. The third kappa shape index (κ3) is 5.50. The number of aryl methyl sites for hydroxylation is 1. The van der Waals surface area contributed by atoms with Crippen molar-refractivity contribution in [3.05, 3.63) is 96.2 Å². The van der Waals surface area contributed by atoms with Crippen molar-refractivity contribution in [3.8, 4) is 0 Å². The Morgan fingerprint density at radius 1 is 0.812 bits per heavy atom. The van der Waals surface area contributed by atoms with Gasteiger partial charge in [0, 0.05) is 12.4 Å².